The van der Waals surface area contributed by atoms with E-state index in [9.17, 15) is 9.59 Å². The number of nitrogens with zero attached hydrogens (tertiary/aromatic N) is 1. The number of anilines is 1. The second-order valence-corrected chi connectivity index (χ2v) is 4.41. The van der Waals surface area contributed by atoms with Crippen LogP contribution in [0.5, 0.6) is 0 Å². The number of benzene rings is 1. The minimum atomic E-state index is -0.111. The third-order valence-electron chi connectivity index (χ3n) is 2.99. The summed E-state index contributed by atoms with van der Waals surface area (Å²) in [5, 5.41) is 2.81. The van der Waals surface area contributed by atoms with E-state index in [4.69, 9.17) is 0 Å². The zero-order valence-corrected chi connectivity index (χ0v) is 11.0. The molecule has 19 heavy (non-hydrogen) atoms. The van der Waals surface area contributed by atoms with Crippen molar-refractivity contribution in [2.75, 3.05) is 5.32 Å². The summed E-state index contributed by atoms with van der Waals surface area (Å²) < 4.78 is 1.77. The Labute approximate surface area is 112 Å². The normalized spacial score (nSPS) is 10.2. The maximum atomic E-state index is 11.9. The Morgan fingerprint density at radius 2 is 1.84 bits per heavy atom. The Morgan fingerprint density at radius 3 is 2.42 bits per heavy atom. The first-order valence-corrected chi connectivity index (χ1v) is 6.09. The van der Waals surface area contributed by atoms with Gasteiger partial charge < -0.3 is 9.88 Å². The van der Waals surface area contributed by atoms with Crippen LogP contribution in [0.4, 0.5) is 5.69 Å². The Kier molecular flexibility index (Phi) is 3.80. The molecule has 0 aliphatic carbocycles. The molecular formula is C15H16N2O2. The number of amides is 1. The molecule has 0 radical (unpaired) electrons. The molecule has 0 spiro atoms. The molecule has 0 saturated carbocycles. The van der Waals surface area contributed by atoms with E-state index in [0.717, 1.165) is 11.4 Å². The van der Waals surface area contributed by atoms with Gasteiger partial charge in [0.25, 0.3) is 0 Å². The molecule has 1 heterocycles. The molecule has 1 N–H and O–H groups in total. The minimum Gasteiger partial charge on any atom is -0.342 e. The van der Waals surface area contributed by atoms with Crippen molar-refractivity contribution < 1.29 is 9.59 Å². The standard InChI is InChI=1S/C15H16N2O2/c1-11-14(12(2)18)8-9-17(11)10-15(19)16-13-6-4-3-5-7-13/h3-9H,10H2,1-2H3,(H,16,19). The molecule has 0 aliphatic heterocycles. The van der Waals surface area contributed by atoms with E-state index in [-0.39, 0.29) is 18.2 Å². The van der Waals surface area contributed by atoms with Gasteiger partial charge in [-0.05, 0) is 32.0 Å². The van der Waals surface area contributed by atoms with Crippen molar-refractivity contribution in [1.29, 1.82) is 0 Å². The number of hydrogen-bond donors (Lipinski definition) is 1. The maximum absolute atomic E-state index is 11.9. The fraction of sp³-hybridized carbons (Fsp3) is 0.200. The third-order valence-corrected chi connectivity index (χ3v) is 2.99. The summed E-state index contributed by atoms with van der Waals surface area (Å²) in [6.07, 6.45) is 1.76. The summed E-state index contributed by atoms with van der Waals surface area (Å²) in [5.41, 5.74) is 2.24. The lowest BCUT2D eigenvalue weighted by Crippen LogP contribution is -2.19. The minimum absolute atomic E-state index is 0.0136. The van der Waals surface area contributed by atoms with E-state index < -0.39 is 0 Å². The molecule has 0 saturated heterocycles. The largest absolute Gasteiger partial charge is 0.342 e. The fourth-order valence-electron chi connectivity index (χ4n) is 1.97. The number of para-hydroxylation sites is 1. The lowest BCUT2D eigenvalue weighted by molar-refractivity contribution is -0.116. The highest BCUT2D eigenvalue weighted by molar-refractivity contribution is 5.95. The van der Waals surface area contributed by atoms with E-state index in [1.165, 1.54) is 6.92 Å². The number of Topliss-reactive ketones (excluding diaryl/α,β-unsaturated/α-hetero) is 1. The zero-order chi connectivity index (χ0) is 13.8. The van der Waals surface area contributed by atoms with Crippen LogP contribution in [0, 0.1) is 6.92 Å². The first-order chi connectivity index (χ1) is 9.08. The molecule has 4 nitrogen and oxygen atoms in total. The number of aromatic nitrogens is 1. The van der Waals surface area contributed by atoms with Crippen LogP contribution in [0.1, 0.15) is 23.0 Å². The number of rotatable bonds is 4. The topological polar surface area (TPSA) is 51.1 Å². The van der Waals surface area contributed by atoms with Crippen LogP contribution >= 0.6 is 0 Å². The summed E-state index contributed by atoms with van der Waals surface area (Å²) in [6.45, 7) is 3.57. The van der Waals surface area contributed by atoms with Gasteiger partial charge in [-0.3, -0.25) is 9.59 Å². The van der Waals surface area contributed by atoms with Crippen LogP contribution < -0.4 is 5.32 Å². The van der Waals surface area contributed by atoms with Gasteiger partial charge in [0.1, 0.15) is 6.54 Å². The maximum Gasteiger partial charge on any atom is 0.244 e. The Balaban J connectivity index is 2.05. The monoisotopic (exact) mass is 256 g/mol. The summed E-state index contributed by atoms with van der Waals surface area (Å²) in [4.78, 5) is 23.2. The van der Waals surface area contributed by atoms with Crippen molar-refractivity contribution in [3.05, 3.63) is 53.9 Å². The molecule has 98 valence electrons. The van der Waals surface area contributed by atoms with Crippen LogP contribution in [-0.2, 0) is 11.3 Å². The number of carbonyl (C=O) groups excluding carboxylic acids is 2. The Bertz CT molecular complexity index is 600. The van der Waals surface area contributed by atoms with Crippen LogP contribution in [0.25, 0.3) is 0 Å². The van der Waals surface area contributed by atoms with E-state index >= 15 is 0 Å². The van der Waals surface area contributed by atoms with Gasteiger partial charge in [-0.1, -0.05) is 18.2 Å². The molecule has 0 bridgehead atoms. The highest BCUT2D eigenvalue weighted by Crippen LogP contribution is 2.11. The SMILES string of the molecule is CC(=O)c1ccn(CC(=O)Nc2ccccc2)c1C. The lowest BCUT2D eigenvalue weighted by Gasteiger charge is -2.08. The van der Waals surface area contributed by atoms with E-state index in [1.807, 2.05) is 37.3 Å². The molecule has 4 heteroatoms. The Morgan fingerprint density at radius 1 is 1.16 bits per heavy atom. The highest BCUT2D eigenvalue weighted by Gasteiger charge is 2.11. The van der Waals surface area contributed by atoms with E-state index in [2.05, 4.69) is 5.32 Å². The molecule has 1 amide bonds. The zero-order valence-electron chi connectivity index (χ0n) is 11.0. The van der Waals surface area contributed by atoms with Gasteiger partial charge in [0.2, 0.25) is 5.91 Å². The molecule has 2 rings (SSSR count). The highest BCUT2D eigenvalue weighted by atomic mass is 16.2. The van der Waals surface area contributed by atoms with Crippen LogP contribution in [-0.4, -0.2) is 16.3 Å². The summed E-state index contributed by atoms with van der Waals surface area (Å²) in [5.74, 6) is -0.0975. The quantitative estimate of drug-likeness (QED) is 0.855. The smallest absolute Gasteiger partial charge is 0.244 e. The molecule has 0 fully saturated rings. The van der Waals surface area contributed by atoms with Gasteiger partial charge in [0, 0.05) is 23.1 Å². The Hall–Kier alpha value is -2.36. The number of ketones is 1. The van der Waals surface area contributed by atoms with Crippen molar-refractivity contribution >= 4 is 17.4 Å². The van der Waals surface area contributed by atoms with Crippen LogP contribution in [0.2, 0.25) is 0 Å². The molecule has 1 aromatic carbocycles. The van der Waals surface area contributed by atoms with Gasteiger partial charge in [-0.15, -0.1) is 0 Å². The summed E-state index contributed by atoms with van der Waals surface area (Å²) in [6, 6.07) is 11.0. The number of hydrogen-bond acceptors (Lipinski definition) is 2. The second kappa shape index (κ2) is 5.52. The van der Waals surface area contributed by atoms with Crippen molar-refractivity contribution in [3.63, 3.8) is 0 Å². The number of nitrogens with one attached hydrogen (secondary N) is 1. The summed E-state index contributed by atoms with van der Waals surface area (Å²) >= 11 is 0. The number of carbonyl (C=O) groups is 2. The van der Waals surface area contributed by atoms with Gasteiger partial charge in [0.05, 0.1) is 0 Å². The fourth-order valence-corrected chi connectivity index (χ4v) is 1.97. The van der Waals surface area contributed by atoms with Gasteiger partial charge in [0.15, 0.2) is 5.78 Å². The predicted molar refractivity (Wildman–Crippen MR) is 74.2 cm³/mol. The van der Waals surface area contributed by atoms with E-state index in [1.54, 1.807) is 16.8 Å². The van der Waals surface area contributed by atoms with Crippen molar-refractivity contribution in [1.82, 2.24) is 4.57 Å². The van der Waals surface area contributed by atoms with E-state index in [0.29, 0.717) is 5.56 Å². The summed E-state index contributed by atoms with van der Waals surface area (Å²) in [7, 11) is 0. The predicted octanol–water partition coefficient (Wildman–Crippen LogP) is 2.64. The molecule has 2 aromatic rings. The van der Waals surface area contributed by atoms with Crippen molar-refractivity contribution in [3.8, 4) is 0 Å². The molecule has 0 unspecified atom stereocenters. The molecular weight excluding hydrogens is 240 g/mol. The van der Waals surface area contributed by atoms with Gasteiger partial charge in [-0.2, -0.15) is 0 Å². The van der Waals surface area contributed by atoms with Crippen LogP contribution in [0.15, 0.2) is 42.6 Å². The molecule has 0 aliphatic rings. The van der Waals surface area contributed by atoms with Crippen molar-refractivity contribution in [2.24, 2.45) is 0 Å². The second-order valence-electron chi connectivity index (χ2n) is 4.41. The lowest BCUT2D eigenvalue weighted by atomic mass is 10.2. The first-order valence-electron chi connectivity index (χ1n) is 6.09. The van der Waals surface area contributed by atoms with Gasteiger partial charge in [-0.25, -0.2) is 0 Å². The van der Waals surface area contributed by atoms with Crippen molar-refractivity contribution in [2.45, 2.75) is 20.4 Å². The molecule has 1 aromatic heterocycles. The van der Waals surface area contributed by atoms with Crippen LogP contribution in [0.3, 0.4) is 0 Å². The third kappa shape index (κ3) is 3.10. The molecule has 0 atom stereocenters. The first kappa shape index (κ1) is 13.1. The van der Waals surface area contributed by atoms with Gasteiger partial charge >= 0.3 is 0 Å². The average Bonchev–Trinajstić information content (AvgIpc) is 2.72. The average molecular weight is 256 g/mol.